The Morgan fingerprint density at radius 2 is 1.83 bits per heavy atom. The summed E-state index contributed by atoms with van der Waals surface area (Å²) >= 11 is 0. The standard InChI is InChI=1S/C21H27N3O4S/c1-21(2,26)15-10-18(28-11-15)29(27,12-22)24-20(25)23-19-16-7-3-5-13(16)9-14-6-4-8-17(14)19/h9-11,26H,3-8,12,22H2,1-2H3,(H,23,25). The van der Waals surface area contributed by atoms with Gasteiger partial charge in [-0.15, -0.1) is 4.36 Å². The SMILES string of the molecule is CC(C)(O)c1coc(S(=O)(CN)=NC(=O)Nc2c3c(cc4c2CCC4)CCC3)c1. The van der Waals surface area contributed by atoms with Gasteiger partial charge in [-0.2, -0.15) is 0 Å². The van der Waals surface area contributed by atoms with Gasteiger partial charge in [0.25, 0.3) is 0 Å². The van der Waals surface area contributed by atoms with E-state index in [1.54, 1.807) is 13.8 Å². The summed E-state index contributed by atoms with van der Waals surface area (Å²) < 4.78 is 22.5. The molecular weight excluding hydrogens is 390 g/mol. The maximum atomic E-state index is 13.2. The monoisotopic (exact) mass is 417 g/mol. The Hall–Kier alpha value is -2.16. The van der Waals surface area contributed by atoms with Gasteiger partial charge in [0.05, 0.1) is 17.7 Å². The van der Waals surface area contributed by atoms with E-state index in [2.05, 4.69) is 15.7 Å². The number of benzene rings is 1. The van der Waals surface area contributed by atoms with Gasteiger partial charge in [0.1, 0.15) is 9.73 Å². The van der Waals surface area contributed by atoms with Crippen molar-refractivity contribution in [2.24, 2.45) is 10.1 Å². The van der Waals surface area contributed by atoms with Gasteiger partial charge in [-0.25, -0.2) is 9.00 Å². The fourth-order valence-electron chi connectivity index (χ4n) is 4.20. The number of nitrogens with two attached hydrogens (primary N) is 1. The molecule has 1 aromatic carbocycles. The zero-order chi connectivity index (χ0) is 20.8. The molecule has 0 spiro atoms. The molecule has 7 nitrogen and oxygen atoms in total. The van der Waals surface area contributed by atoms with E-state index in [1.165, 1.54) is 34.6 Å². The number of anilines is 1. The van der Waals surface area contributed by atoms with E-state index >= 15 is 0 Å². The minimum atomic E-state index is -3.28. The lowest BCUT2D eigenvalue weighted by Crippen LogP contribution is -2.19. The molecule has 2 amide bonds. The van der Waals surface area contributed by atoms with E-state index in [-0.39, 0.29) is 11.0 Å². The third-order valence-corrected chi connectivity index (χ3v) is 7.51. The van der Waals surface area contributed by atoms with Gasteiger partial charge in [0.2, 0.25) is 5.09 Å². The van der Waals surface area contributed by atoms with E-state index in [4.69, 9.17) is 10.2 Å². The summed E-state index contributed by atoms with van der Waals surface area (Å²) in [5, 5.41) is 13.0. The van der Waals surface area contributed by atoms with E-state index < -0.39 is 21.4 Å². The highest BCUT2D eigenvalue weighted by Gasteiger charge is 2.27. The molecule has 0 bridgehead atoms. The molecular formula is C21H27N3O4S. The van der Waals surface area contributed by atoms with Gasteiger partial charge in [-0.05, 0) is 74.6 Å². The summed E-state index contributed by atoms with van der Waals surface area (Å²) in [5.74, 6) is -0.357. The van der Waals surface area contributed by atoms with Crippen molar-refractivity contribution < 1.29 is 18.5 Å². The fraction of sp³-hybridized carbons (Fsp3) is 0.476. The molecule has 2 aromatic rings. The topological polar surface area (TPSA) is 118 Å². The maximum absolute atomic E-state index is 13.2. The lowest BCUT2D eigenvalue weighted by molar-refractivity contribution is 0.0779. The number of carbonyl (C=O) groups excluding carboxylic acids is 1. The lowest BCUT2D eigenvalue weighted by atomic mass is 9.99. The number of urea groups is 1. The molecule has 1 atom stereocenters. The van der Waals surface area contributed by atoms with Gasteiger partial charge in [0.15, 0.2) is 0 Å². The van der Waals surface area contributed by atoms with Crippen LogP contribution >= 0.6 is 0 Å². The Balaban J connectivity index is 1.68. The third-order valence-electron chi connectivity index (χ3n) is 5.76. The third kappa shape index (κ3) is 3.72. The van der Waals surface area contributed by atoms with Crippen molar-refractivity contribution in [3.63, 3.8) is 0 Å². The van der Waals surface area contributed by atoms with Gasteiger partial charge in [0, 0.05) is 17.3 Å². The zero-order valence-electron chi connectivity index (χ0n) is 16.8. The first-order valence-electron chi connectivity index (χ1n) is 9.95. The molecule has 156 valence electrons. The van der Waals surface area contributed by atoms with E-state index in [0.717, 1.165) is 44.2 Å². The Morgan fingerprint density at radius 3 is 2.34 bits per heavy atom. The first-order valence-corrected chi connectivity index (χ1v) is 11.6. The number of nitrogens with zero attached hydrogens (tertiary/aromatic N) is 1. The van der Waals surface area contributed by atoms with Crippen molar-refractivity contribution in [3.8, 4) is 0 Å². The second-order valence-electron chi connectivity index (χ2n) is 8.28. The van der Waals surface area contributed by atoms with Crippen LogP contribution in [0.4, 0.5) is 10.5 Å². The number of hydrogen-bond acceptors (Lipinski definition) is 5. The minimum absolute atomic E-state index is 0.00389. The highest BCUT2D eigenvalue weighted by atomic mass is 32.2. The van der Waals surface area contributed by atoms with Gasteiger partial charge >= 0.3 is 6.03 Å². The number of fused-ring (bicyclic) bond motifs is 2. The quantitative estimate of drug-likeness (QED) is 0.704. The largest absolute Gasteiger partial charge is 0.454 e. The van der Waals surface area contributed by atoms with Gasteiger partial charge in [-0.1, -0.05) is 6.07 Å². The minimum Gasteiger partial charge on any atom is -0.454 e. The van der Waals surface area contributed by atoms with E-state index in [0.29, 0.717) is 5.56 Å². The van der Waals surface area contributed by atoms with Crippen molar-refractivity contribution in [1.82, 2.24) is 0 Å². The number of carbonyl (C=O) groups is 1. The van der Waals surface area contributed by atoms with Crippen LogP contribution in [-0.2, 0) is 41.0 Å². The molecule has 0 saturated carbocycles. The predicted molar refractivity (Wildman–Crippen MR) is 111 cm³/mol. The van der Waals surface area contributed by atoms with Crippen LogP contribution in [0.2, 0.25) is 0 Å². The number of furan rings is 1. The summed E-state index contributed by atoms with van der Waals surface area (Å²) in [6.07, 6.45) is 7.36. The predicted octanol–water partition coefficient (Wildman–Crippen LogP) is 3.46. The molecule has 2 aliphatic carbocycles. The Morgan fingerprint density at radius 1 is 1.21 bits per heavy atom. The van der Waals surface area contributed by atoms with Crippen LogP contribution in [0.15, 0.2) is 32.3 Å². The van der Waals surface area contributed by atoms with Gasteiger partial charge < -0.3 is 20.6 Å². The van der Waals surface area contributed by atoms with Crippen LogP contribution in [0.3, 0.4) is 0 Å². The summed E-state index contributed by atoms with van der Waals surface area (Å²) in [6, 6.07) is 3.04. The van der Waals surface area contributed by atoms with Crippen LogP contribution in [0, 0.1) is 0 Å². The number of rotatable bonds is 4. The molecule has 4 rings (SSSR count). The lowest BCUT2D eigenvalue weighted by Gasteiger charge is -2.15. The van der Waals surface area contributed by atoms with E-state index in [9.17, 15) is 14.1 Å². The van der Waals surface area contributed by atoms with Crippen LogP contribution in [0.25, 0.3) is 0 Å². The molecule has 2 aliphatic rings. The van der Waals surface area contributed by atoms with Crippen molar-refractivity contribution >= 4 is 21.4 Å². The maximum Gasteiger partial charge on any atom is 0.354 e. The molecule has 8 heteroatoms. The first-order chi connectivity index (χ1) is 13.7. The highest BCUT2D eigenvalue weighted by Crippen LogP contribution is 2.38. The molecule has 1 heterocycles. The molecule has 0 radical (unpaired) electrons. The Bertz CT molecular complexity index is 1060. The smallest absolute Gasteiger partial charge is 0.354 e. The van der Waals surface area contributed by atoms with Crippen molar-refractivity contribution in [3.05, 3.63) is 46.2 Å². The summed E-state index contributed by atoms with van der Waals surface area (Å²) in [6.45, 7) is 3.18. The average molecular weight is 418 g/mol. The molecule has 29 heavy (non-hydrogen) atoms. The summed E-state index contributed by atoms with van der Waals surface area (Å²) in [5.41, 5.74) is 10.8. The second-order valence-corrected chi connectivity index (χ2v) is 10.5. The van der Waals surface area contributed by atoms with E-state index in [1.807, 2.05) is 0 Å². The first kappa shape index (κ1) is 20.1. The fourth-order valence-corrected chi connectivity index (χ4v) is 5.35. The normalized spacial score (nSPS) is 17.5. The summed E-state index contributed by atoms with van der Waals surface area (Å²) in [7, 11) is -3.28. The average Bonchev–Trinajstić information content (AvgIpc) is 3.40. The Kier molecular flexibility index (Phi) is 5.04. The molecule has 1 unspecified atom stereocenters. The number of nitrogens with one attached hydrogen (secondary N) is 1. The zero-order valence-corrected chi connectivity index (χ0v) is 17.6. The molecule has 1 aromatic heterocycles. The molecule has 0 fully saturated rings. The van der Waals surface area contributed by atoms with Crippen LogP contribution < -0.4 is 11.1 Å². The van der Waals surface area contributed by atoms with Crippen molar-refractivity contribution in [1.29, 1.82) is 0 Å². The van der Waals surface area contributed by atoms with Crippen molar-refractivity contribution in [2.45, 2.75) is 63.1 Å². The van der Waals surface area contributed by atoms with Crippen LogP contribution in [0.1, 0.15) is 54.5 Å². The number of aryl methyl sites for hydroxylation is 2. The molecule has 4 N–H and O–H groups in total. The van der Waals surface area contributed by atoms with Crippen LogP contribution in [-0.4, -0.2) is 21.2 Å². The van der Waals surface area contributed by atoms with Crippen molar-refractivity contribution in [2.75, 3.05) is 11.2 Å². The molecule has 0 saturated heterocycles. The number of amides is 2. The summed E-state index contributed by atoms with van der Waals surface area (Å²) in [4.78, 5) is 12.8. The number of hydrogen-bond donors (Lipinski definition) is 3. The Labute approximate surface area is 170 Å². The van der Waals surface area contributed by atoms with Crippen LogP contribution in [0.5, 0.6) is 0 Å². The highest BCUT2D eigenvalue weighted by molar-refractivity contribution is 7.93. The van der Waals surface area contributed by atoms with Gasteiger partial charge in [-0.3, -0.25) is 0 Å². The molecule has 0 aliphatic heterocycles. The number of aliphatic hydroxyl groups is 1. The second kappa shape index (κ2) is 7.27.